The van der Waals surface area contributed by atoms with Gasteiger partial charge in [0.25, 0.3) is 0 Å². The molecule has 0 saturated heterocycles. The number of pyridine rings is 1. The molecule has 1 aliphatic rings. The highest BCUT2D eigenvalue weighted by atomic mass is 15.0. The molecule has 1 aliphatic carbocycles. The predicted molar refractivity (Wildman–Crippen MR) is 80.8 cm³/mol. The van der Waals surface area contributed by atoms with Crippen LogP contribution in [0.2, 0.25) is 0 Å². The third kappa shape index (κ3) is 2.95. The maximum Gasteiger partial charge on any atom is 0.163 e. The molecule has 0 aliphatic heterocycles. The van der Waals surface area contributed by atoms with E-state index in [1.54, 1.807) is 0 Å². The summed E-state index contributed by atoms with van der Waals surface area (Å²) in [6.45, 7) is 5.08. The molecule has 4 nitrogen and oxygen atoms in total. The number of aryl methyl sites for hydroxylation is 1. The second-order valence-electron chi connectivity index (χ2n) is 5.39. The Labute approximate surface area is 119 Å². The Morgan fingerprint density at radius 2 is 2.10 bits per heavy atom. The van der Waals surface area contributed by atoms with Crippen LogP contribution in [-0.4, -0.2) is 21.5 Å². The molecule has 0 aromatic carbocycles. The molecule has 0 atom stereocenters. The standard InChI is InChI=1S/C16H20N4/c1-3-8-17-15-9-14(12-6-7-12)19-16(20-15)13-5-4-11(2)18-10-13/h4-5,9-10,12H,3,6-8H2,1-2H3,(H,17,19,20). The molecule has 0 radical (unpaired) electrons. The van der Waals surface area contributed by atoms with Crippen molar-refractivity contribution in [3.05, 3.63) is 35.8 Å². The quantitative estimate of drug-likeness (QED) is 0.901. The molecule has 3 rings (SSSR count). The molecule has 2 heterocycles. The van der Waals surface area contributed by atoms with Crippen LogP contribution >= 0.6 is 0 Å². The van der Waals surface area contributed by atoms with Crippen molar-refractivity contribution in [1.82, 2.24) is 15.0 Å². The summed E-state index contributed by atoms with van der Waals surface area (Å²) in [5, 5.41) is 3.37. The van der Waals surface area contributed by atoms with Crippen molar-refractivity contribution in [2.24, 2.45) is 0 Å². The van der Waals surface area contributed by atoms with Crippen LogP contribution in [0.25, 0.3) is 11.4 Å². The van der Waals surface area contributed by atoms with Crippen LogP contribution in [0, 0.1) is 6.92 Å². The lowest BCUT2D eigenvalue weighted by molar-refractivity contribution is 0.947. The van der Waals surface area contributed by atoms with Crippen molar-refractivity contribution in [2.45, 2.75) is 39.0 Å². The highest BCUT2D eigenvalue weighted by molar-refractivity contribution is 5.57. The molecule has 1 fully saturated rings. The first-order valence-corrected chi connectivity index (χ1v) is 7.32. The Kier molecular flexibility index (Phi) is 3.63. The lowest BCUT2D eigenvalue weighted by atomic mass is 10.2. The molecule has 0 unspecified atom stereocenters. The molecule has 4 heteroatoms. The van der Waals surface area contributed by atoms with Crippen molar-refractivity contribution >= 4 is 5.82 Å². The Morgan fingerprint density at radius 1 is 1.25 bits per heavy atom. The Morgan fingerprint density at radius 3 is 2.75 bits per heavy atom. The summed E-state index contributed by atoms with van der Waals surface area (Å²) in [7, 11) is 0. The van der Waals surface area contributed by atoms with E-state index in [1.165, 1.54) is 12.8 Å². The number of rotatable bonds is 5. The molecule has 0 bridgehead atoms. The van der Waals surface area contributed by atoms with Crippen LogP contribution in [0.5, 0.6) is 0 Å². The average molecular weight is 268 g/mol. The number of aromatic nitrogens is 3. The number of hydrogen-bond donors (Lipinski definition) is 1. The van der Waals surface area contributed by atoms with Crippen LogP contribution in [0.3, 0.4) is 0 Å². The van der Waals surface area contributed by atoms with Gasteiger partial charge in [-0.15, -0.1) is 0 Å². The van der Waals surface area contributed by atoms with E-state index in [0.29, 0.717) is 5.92 Å². The summed E-state index contributed by atoms with van der Waals surface area (Å²) >= 11 is 0. The fraction of sp³-hybridized carbons (Fsp3) is 0.438. The minimum atomic E-state index is 0.623. The Balaban J connectivity index is 1.95. The minimum absolute atomic E-state index is 0.623. The first-order valence-electron chi connectivity index (χ1n) is 7.32. The van der Waals surface area contributed by atoms with E-state index in [-0.39, 0.29) is 0 Å². The van der Waals surface area contributed by atoms with Gasteiger partial charge in [-0.2, -0.15) is 0 Å². The van der Waals surface area contributed by atoms with Crippen molar-refractivity contribution in [1.29, 1.82) is 0 Å². The van der Waals surface area contributed by atoms with Crippen molar-refractivity contribution in [3.8, 4) is 11.4 Å². The normalized spacial score (nSPS) is 14.3. The van der Waals surface area contributed by atoms with Gasteiger partial charge in [-0.3, -0.25) is 4.98 Å². The second kappa shape index (κ2) is 5.57. The van der Waals surface area contributed by atoms with E-state index in [9.17, 15) is 0 Å². The van der Waals surface area contributed by atoms with Gasteiger partial charge in [-0.1, -0.05) is 6.92 Å². The molecule has 2 aromatic heterocycles. The molecule has 1 N–H and O–H groups in total. The summed E-state index contributed by atoms with van der Waals surface area (Å²) in [5.74, 6) is 2.33. The SMILES string of the molecule is CCCNc1cc(C2CC2)nc(-c2ccc(C)nc2)n1. The van der Waals surface area contributed by atoms with Crippen LogP contribution in [0.4, 0.5) is 5.82 Å². The molecule has 0 spiro atoms. The lowest BCUT2D eigenvalue weighted by Gasteiger charge is -2.09. The van der Waals surface area contributed by atoms with E-state index in [1.807, 2.05) is 25.3 Å². The van der Waals surface area contributed by atoms with Gasteiger partial charge < -0.3 is 5.32 Å². The second-order valence-corrected chi connectivity index (χ2v) is 5.39. The molecule has 1 saturated carbocycles. The Bertz CT molecular complexity index is 588. The van der Waals surface area contributed by atoms with Crippen molar-refractivity contribution < 1.29 is 0 Å². The fourth-order valence-corrected chi connectivity index (χ4v) is 2.13. The van der Waals surface area contributed by atoms with Gasteiger partial charge in [0.2, 0.25) is 0 Å². The van der Waals surface area contributed by atoms with E-state index in [2.05, 4.69) is 28.3 Å². The monoisotopic (exact) mass is 268 g/mol. The molecular weight excluding hydrogens is 248 g/mol. The number of nitrogens with zero attached hydrogens (tertiary/aromatic N) is 3. The number of anilines is 1. The zero-order valence-corrected chi connectivity index (χ0v) is 12.1. The first-order chi connectivity index (χ1) is 9.76. The molecular formula is C16H20N4. The average Bonchev–Trinajstić information content (AvgIpc) is 3.30. The third-order valence-corrected chi connectivity index (χ3v) is 3.47. The van der Waals surface area contributed by atoms with E-state index < -0.39 is 0 Å². The Hall–Kier alpha value is -1.97. The van der Waals surface area contributed by atoms with Gasteiger partial charge in [-0.05, 0) is 38.3 Å². The molecule has 0 amide bonds. The highest BCUT2D eigenvalue weighted by Gasteiger charge is 2.26. The maximum absolute atomic E-state index is 4.71. The zero-order chi connectivity index (χ0) is 13.9. The third-order valence-electron chi connectivity index (χ3n) is 3.47. The van der Waals surface area contributed by atoms with Gasteiger partial charge in [0.05, 0.1) is 0 Å². The number of nitrogens with one attached hydrogen (secondary N) is 1. The summed E-state index contributed by atoms with van der Waals surface area (Å²) in [5.41, 5.74) is 3.16. The number of hydrogen-bond acceptors (Lipinski definition) is 4. The maximum atomic E-state index is 4.71. The summed E-state index contributed by atoms with van der Waals surface area (Å²) in [4.78, 5) is 13.7. The van der Waals surface area contributed by atoms with Gasteiger partial charge in [-0.25, -0.2) is 9.97 Å². The van der Waals surface area contributed by atoms with Crippen molar-refractivity contribution in [3.63, 3.8) is 0 Å². The van der Waals surface area contributed by atoms with Crippen LogP contribution in [0.15, 0.2) is 24.4 Å². The van der Waals surface area contributed by atoms with Crippen molar-refractivity contribution in [2.75, 3.05) is 11.9 Å². The molecule has 20 heavy (non-hydrogen) atoms. The van der Waals surface area contributed by atoms with Gasteiger partial charge in [0.1, 0.15) is 5.82 Å². The highest BCUT2D eigenvalue weighted by Crippen LogP contribution is 2.40. The first kappa shape index (κ1) is 13.0. The minimum Gasteiger partial charge on any atom is -0.370 e. The van der Waals surface area contributed by atoms with E-state index in [4.69, 9.17) is 4.98 Å². The smallest absolute Gasteiger partial charge is 0.163 e. The lowest BCUT2D eigenvalue weighted by Crippen LogP contribution is -2.05. The van der Waals surface area contributed by atoms with E-state index >= 15 is 0 Å². The van der Waals surface area contributed by atoms with E-state index in [0.717, 1.165) is 41.6 Å². The van der Waals surface area contributed by atoms with Crippen LogP contribution < -0.4 is 5.32 Å². The van der Waals surface area contributed by atoms with Gasteiger partial charge in [0, 0.05) is 41.7 Å². The van der Waals surface area contributed by atoms with Gasteiger partial charge in [0.15, 0.2) is 5.82 Å². The largest absolute Gasteiger partial charge is 0.370 e. The molecule has 2 aromatic rings. The summed E-state index contributed by atoms with van der Waals surface area (Å²) in [6, 6.07) is 6.14. The topological polar surface area (TPSA) is 50.7 Å². The summed E-state index contributed by atoms with van der Waals surface area (Å²) in [6.07, 6.45) is 5.43. The fourth-order valence-electron chi connectivity index (χ4n) is 2.13. The predicted octanol–water partition coefficient (Wildman–Crippen LogP) is 3.55. The summed E-state index contributed by atoms with van der Waals surface area (Å²) < 4.78 is 0. The molecule has 104 valence electrons. The zero-order valence-electron chi connectivity index (χ0n) is 12.1. The van der Waals surface area contributed by atoms with Gasteiger partial charge >= 0.3 is 0 Å². The van der Waals surface area contributed by atoms with Crippen LogP contribution in [0.1, 0.15) is 43.5 Å². The van der Waals surface area contributed by atoms with Crippen LogP contribution in [-0.2, 0) is 0 Å².